The van der Waals surface area contributed by atoms with E-state index in [0.717, 1.165) is 34.1 Å². The van der Waals surface area contributed by atoms with Gasteiger partial charge in [0.15, 0.2) is 6.29 Å². The van der Waals surface area contributed by atoms with E-state index in [9.17, 15) is 9.59 Å². The summed E-state index contributed by atoms with van der Waals surface area (Å²) in [4.78, 5) is 28.7. The van der Waals surface area contributed by atoms with Crippen LogP contribution in [0.4, 0.5) is 5.69 Å². The number of nitrogens with zero attached hydrogens (tertiary/aromatic N) is 1. The number of pyridine rings is 1. The van der Waals surface area contributed by atoms with E-state index in [1.807, 2.05) is 57.2 Å². The van der Waals surface area contributed by atoms with Crippen molar-refractivity contribution < 1.29 is 9.59 Å². The van der Waals surface area contributed by atoms with Crippen LogP contribution in [-0.4, -0.2) is 17.2 Å². The molecule has 1 aromatic heterocycles. The van der Waals surface area contributed by atoms with E-state index < -0.39 is 0 Å². The summed E-state index contributed by atoms with van der Waals surface area (Å²) in [5, 5.41) is 2.91. The molecular weight excluding hydrogens is 324 g/mol. The highest BCUT2D eigenvalue weighted by molar-refractivity contribution is 6.08. The van der Waals surface area contributed by atoms with E-state index in [-0.39, 0.29) is 5.91 Å². The lowest BCUT2D eigenvalue weighted by molar-refractivity contribution is 0.102. The summed E-state index contributed by atoms with van der Waals surface area (Å²) in [5.41, 5.74) is 5.99. The van der Waals surface area contributed by atoms with Gasteiger partial charge in [-0.15, -0.1) is 0 Å². The Labute approximate surface area is 152 Å². The standard InChI is InChI=1S/C22H20N2O2/c1-14-5-4-6-17(9-14)22(26)24-21-16(3)7-8-19(20(21)13-25)18-10-15(2)11-23-12-18/h4-13H,1-3H3,(H,24,26). The van der Waals surface area contributed by atoms with Crippen molar-refractivity contribution in [3.8, 4) is 11.1 Å². The zero-order valence-corrected chi connectivity index (χ0v) is 15.0. The molecule has 3 rings (SSSR count). The number of aldehydes is 1. The van der Waals surface area contributed by atoms with Gasteiger partial charge in [0.05, 0.1) is 5.69 Å². The molecule has 0 aliphatic heterocycles. The number of benzene rings is 2. The SMILES string of the molecule is Cc1cccc(C(=O)Nc2c(C)ccc(-c3cncc(C)c3)c2C=O)c1. The fourth-order valence-electron chi connectivity index (χ4n) is 2.94. The average molecular weight is 344 g/mol. The second-order valence-corrected chi connectivity index (χ2v) is 6.41. The number of anilines is 1. The van der Waals surface area contributed by atoms with Gasteiger partial charge < -0.3 is 5.32 Å². The lowest BCUT2D eigenvalue weighted by Crippen LogP contribution is -2.15. The van der Waals surface area contributed by atoms with E-state index in [4.69, 9.17) is 0 Å². The summed E-state index contributed by atoms with van der Waals surface area (Å²) in [6.45, 7) is 5.76. The molecule has 0 bridgehead atoms. The Morgan fingerprint density at radius 3 is 2.50 bits per heavy atom. The molecule has 0 fully saturated rings. The minimum atomic E-state index is -0.237. The summed E-state index contributed by atoms with van der Waals surface area (Å²) < 4.78 is 0. The number of aryl methyl sites for hydroxylation is 3. The first-order valence-electron chi connectivity index (χ1n) is 8.38. The number of nitrogens with one attached hydrogen (secondary N) is 1. The van der Waals surface area contributed by atoms with Crippen molar-refractivity contribution in [2.24, 2.45) is 0 Å². The Hall–Kier alpha value is -3.27. The topological polar surface area (TPSA) is 59.1 Å². The lowest BCUT2D eigenvalue weighted by Gasteiger charge is -2.15. The van der Waals surface area contributed by atoms with Crippen LogP contribution in [0.2, 0.25) is 0 Å². The molecule has 0 aliphatic carbocycles. The third kappa shape index (κ3) is 3.54. The summed E-state index contributed by atoms with van der Waals surface area (Å²) in [7, 11) is 0. The Bertz CT molecular complexity index is 993. The monoisotopic (exact) mass is 344 g/mol. The molecule has 3 aromatic rings. The summed E-state index contributed by atoms with van der Waals surface area (Å²) >= 11 is 0. The number of hydrogen-bond acceptors (Lipinski definition) is 3. The first-order valence-corrected chi connectivity index (χ1v) is 8.38. The van der Waals surface area contributed by atoms with Crippen molar-refractivity contribution in [2.75, 3.05) is 5.32 Å². The molecule has 0 aliphatic rings. The van der Waals surface area contributed by atoms with Crippen LogP contribution in [0.5, 0.6) is 0 Å². The fourth-order valence-corrected chi connectivity index (χ4v) is 2.94. The van der Waals surface area contributed by atoms with Crippen LogP contribution in [-0.2, 0) is 0 Å². The van der Waals surface area contributed by atoms with Crippen molar-refractivity contribution in [2.45, 2.75) is 20.8 Å². The van der Waals surface area contributed by atoms with Gasteiger partial charge in [0.25, 0.3) is 5.91 Å². The highest BCUT2D eigenvalue weighted by Crippen LogP contribution is 2.31. The van der Waals surface area contributed by atoms with Crippen molar-refractivity contribution >= 4 is 17.9 Å². The highest BCUT2D eigenvalue weighted by Gasteiger charge is 2.16. The van der Waals surface area contributed by atoms with Gasteiger partial charge in [0.1, 0.15) is 0 Å². The summed E-state index contributed by atoms with van der Waals surface area (Å²) in [5.74, 6) is -0.237. The van der Waals surface area contributed by atoms with Crippen LogP contribution in [0, 0.1) is 20.8 Å². The maximum atomic E-state index is 12.6. The third-order valence-electron chi connectivity index (χ3n) is 4.28. The van der Waals surface area contributed by atoms with Crippen molar-refractivity contribution in [1.29, 1.82) is 0 Å². The number of aromatic nitrogens is 1. The van der Waals surface area contributed by atoms with Crippen molar-refractivity contribution in [1.82, 2.24) is 4.98 Å². The van der Waals surface area contributed by atoms with Crippen molar-refractivity contribution in [3.05, 3.63) is 82.7 Å². The van der Waals surface area contributed by atoms with Crippen molar-refractivity contribution in [3.63, 3.8) is 0 Å². The second kappa shape index (κ2) is 7.31. The molecule has 2 aromatic carbocycles. The molecular formula is C22H20N2O2. The van der Waals surface area contributed by atoms with Crippen LogP contribution in [0.3, 0.4) is 0 Å². The van der Waals surface area contributed by atoms with Gasteiger partial charge in [-0.3, -0.25) is 14.6 Å². The van der Waals surface area contributed by atoms with Crippen LogP contribution >= 0.6 is 0 Å². The first-order chi connectivity index (χ1) is 12.5. The molecule has 4 heteroatoms. The van der Waals surface area contributed by atoms with E-state index in [1.54, 1.807) is 18.5 Å². The number of carbonyl (C=O) groups excluding carboxylic acids is 2. The molecule has 0 saturated carbocycles. The zero-order valence-electron chi connectivity index (χ0n) is 15.0. The number of rotatable bonds is 4. The van der Waals surface area contributed by atoms with Crippen LogP contribution in [0.15, 0.2) is 54.9 Å². The Morgan fingerprint density at radius 1 is 1.00 bits per heavy atom. The minimum Gasteiger partial charge on any atom is -0.321 e. The molecule has 26 heavy (non-hydrogen) atoms. The fraction of sp³-hybridized carbons (Fsp3) is 0.136. The van der Waals surface area contributed by atoms with Gasteiger partial charge in [-0.1, -0.05) is 29.8 Å². The smallest absolute Gasteiger partial charge is 0.255 e. The average Bonchev–Trinajstić information content (AvgIpc) is 2.63. The normalized spacial score (nSPS) is 10.4. The number of amides is 1. The predicted molar refractivity (Wildman–Crippen MR) is 104 cm³/mol. The molecule has 0 spiro atoms. The Balaban J connectivity index is 2.05. The third-order valence-corrected chi connectivity index (χ3v) is 4.28. The first kappa shape index (κ1) is 17.5. The maximum absolute atomic E-state index is 12.6. The molecule has 1 N–H and O–H groups in total. The Morgan fingerprint density at radius 2 is 1.81 bits per heavy atom. The molecule has 0 atom stereocenters. The molecule has 130 valence electrons. The second-order valence-electron chi connectivity index (χ2n) is 6.41. The highest BCUT2D eigenvalue weighted by atomic mass is 16.1. The minimum absolute atomic E-state index is 0.237. The number of hydrogen-bond donors (Lipinski definition) is 1. The quantitative estimate of drug-likeness (QED) is 0.696. The number of carbonyl (C=O) groups is 2. The van der Waals surface area contributed by atoms with Gasteiger partial charge >= 0.3 is 0 Å². The van der Waals surface area contributed by atoms with Gasteiger partial charge in [-0.05, 0) is 55.7 Å². The predicted octanol–water partition coefficient (Wildman–Crippen LogP) is 4.74. The Kier molecular flexibility index (Phi) is 4.94. The van der Waals surface area contributed by atoms with E-state index in [2.05, 4.69) is 10.3 Å². The van der Waals surface area contributed by atoms with E-state index in [1.165, 1.54) is 0 Å². The summed E-state index contributed by atoms with van der Waals surface area (Å²) in [6.07, 6.45) is 4.27. The molecule has 1 heterocycles. The summed E-state index contributed by atoms with van der Waals surface area (Å²) in [6, 6.07) is 13.1. The lowest BCUT2D eigenvalue weighted by atomic mass is 9.96. The largest absolute Gasteiger partial charge is 0.321 e. The molecule has 0 saturated heterocycles. The van der Waals surface area contributed by atoms with Crippen LogP contribution in [0.25, 0.3) is 11.1 Å². The maximum Gasteiger partial charge on any atom is 0.255 e. The molecule has 0 radical (unpaired) electrons. The zero-order chi connectivity index (χ0) is 18.7. The van der Waals surface area contributed by atoms with Gasteiger partial charge in [0, 0.05) is 29.1 Å². The van der Waals surface area contributed by atoms with E-state index in [0.29, 0.717) is 16.8 Å². The van der Waals surface area contributed by atoms with Crippen LogP contribution < -0.4 is 5.32 Å². The molecule has 1 amide bonds. The van der Waals surface area contributed by atoms with Gasteiger partial charge in [-0.2, -0.15) is 0 Å². The van der Waals surface area contributed by atoms with Gasteiger partial charge in [0.2, 0.25) is 0 Å². The van der Waals surface area contributed by atoms with Crippen LogP contribution in [0.1, 0.15) is 37.4 Å². The molecule has 0 unspecified atom stereocenters. The van der Waals surface area contributed by atoms with Gasteiger partial charge in [-0.25, -0.2) is 0 Å². The van der Waals surface area contributed by atoms with E-state index >= 15 is 0 Å². The molecule has 4 nitrogen and oxygen atoms in total.